The average molecular weight is 378 g/mol. The molecule has 0 radical (unpaired) electrons. The van der Waals surface area contributed by atoms with Gasteiger partial charge in [-0.3, -0.25) is 9.69 Å². The second-order valence-electron chi connectivity index (χ2n) is 6.55. The molecule has 1 fully saturated rings. The van der Waals surface area contributed by atoms with Gasteiger partial charge in [0.2, 0.25) is 0 Å². The van der Waals surface area contributed by atoms with Crippen LogP contribution in [0, 0.1) is 12.8 Å². The Morgan fingerprint density at radius 2 is 1.72 bits per heavy atom. The third kappa shape index (κ3) is 3.84. The molecule has 132 valence electrons. The summed E-state index contributed by atoms with van der Waals surface area (Å²) in [6.07, 6.45) is 1.30. The molecule has 0 amide bonds. The standard InChI is InChI=1S/C20H21Cl2NO2/c1-13-5-2-3-6-15(13)19(16-7-4-8-17(21)18(16)22)23-11-9-14(10-12-23)20(24)25/h2-8,14,19H,9-12H2,1H3,(H,24,25). The number of likely N-dealkylation sites (tertiary alicyclic amines) is 1. The zero-order chi connectivity index (χ0) is 18.0. The highest BCUT2D eigenvalue weighted by molar-refractivity contribution is 6.42. The lowest BCUT2D eigenvalue weighted by Crippen LogP contribution is -2.39. The number of aliphatic carboxylic acids is 1. The third-order valence-electron chi connectivity index (χ3n) is 5.00. The third-order valence-corrected chi connectivity index (χ3v) is 5.84. The van der Waals surface area contributed by atoms with Gasteiger partial charge in [0.1, 0.15) is 0 Å². The van der Waals surface area contributed by atoms with E-state index in [1.54, 1.807) is 6.07 Å². The summed E-state index contributed by atoms with van der Waals surface area (Å²) in [5.74, 6) is -0.962. The molecule has 1 N–H and O–H groups in total. The monoisotopic (exact) mass is 377 g/mol. The zero-order valence-electron chi connectivity index (χ0n) is 14.1. The zero-order valence-corrected chi connectivity index (χ0v) is 15.6. The first-order valence-corrected chi connectivity index (χ1v) is 9.21. The lowest BCUT2D eigenvalue weighted by Gasteiger charge is -2.38. The molecule has 2 aromatic carbocycles. The first-order valence-electron chi connectivity index (χ1n) is 8.45. The maximum absolute atomic E-state index is 11.3. The van der Waals surface area contributed by atoms with Crippen LogP contribution in [0.2, 0.25) is 10.0 Å². The first-order chi connectivity index (χ1) is 12.0. The van der Waals surface area contributed by atoms with Gasteiger partial charge in [0, 0.05) is 0 Å². The second-order valence-corrected chi connectivity index (χ2v) is 7.34. The molecular weight excluding hydrogens is 357 g/mol. The van der Waals surface area contributed by atoms with E-state index in [-0.39, 0.29) is 12.0 Å². The van der Waals surface area contributed by atoms with E-state index in [0.29, 0.717) is 22.9 Å². The number of hydrogen-bond acceptors (Lipinski definition) is 2. The average Bonchev–Trinajstić information content (AvgIpc) is 2.61. The van der Waals surface area contributed by atoms with Crippen molar-refractivity contribution in [1.82, 2.24) is 4.90 Å². The number of carboxylic acids is 1. The van der Waals surface area contributed by atoms with E-state index in [0.717, 1.165) is 18.7 Å². The number of benzene rings is 2. The Bertz CT molecular complexity index is 770. The highest BCUT2D eigenvalue weighted by atomic mass is 35.5. The van der Waals surface area contributed by atoms with E-state index in [9.17, 15) is 9.90 Å². The predicted octanol–water partition coefficient (Wildman–Crippen LogP) is 5.19. The van der Waals surface area contributed by atoms with Crippen LogP contribution in [0.5, 0.6) is 0 Å². The van der Waals surface area contributed by atoms with E-state index in [2.05, 4.69) is 24.0 Å². The van der Waals surface area contributed by atoms with Crippen molar-refractivity contribution in [1.29, 1.82) is 0 Å². The highest BCUT2D eigenvalue weighted by Crippen LogP contribution is 2.39. The van der Waals surface area contributed by atoms with Gasteiger partial charge in [0.15, 0.2) is 0 Å². The fraction of sp³-hybridized carbons (Fsp3) is 0.350. The Morgan fingerprint density at radius 1 is 1.08 bits per heavy atom. The van der Waals surface area contributed by atoms with Gasteiger partial charge in [0.05, 0.1) is 22.0 Å². The number of nitrogens with zero attached hydrogens (tertiary/aromatic N) is 1. The Morgan fingerprint density at radius 3 is 2.36 bits per heavy atom. The predicted molar refractivity (Wildman–Crippen MR) is 101 cm³/mol. The minimum absolute atomic E-state index is 0.0258. The summed E-state index contributed by atoms with van der Waals surface area (Å²) >= 11 is 12.8. The van der Waals surface area contributed by atoms with Crippen LogP contribution in [0.4, 0.5) is 0 Å². The first kappa shape index (κ1) is 18.2. The van der Waals surface area contributed by atoms with E-state index in [1.807, 2.05) is 24.3 Å². The van der Waals surface area contributed by atoms with Crippen LogP contribution in [0.1, 0.15) is 35.6 Å². The summed E-state index contributed by atoms with van der Waals surface area (Å²) in [6.45, 7) is 3.53. The molecule has 0 aliphatic carbocycles. The number of aryl methyl sites for hydroxylation is 1. The quantitative estimate of drug-likeness (QED) is 0.796. The van der Waals surface area contributed by atoms with E-state index >= 15 is 0 Å². The number of hydrogen-bond donors (Lipinski definition) is 1. The molecule has 3 nitrogen and oxygen atoms in total. The van der Waals surface area contributed by atoms with Crippen molar-refractivity contribution in [3.05, 3.63) is 69.2 Å². The summed E-state index contributed by atoms with van der Waals surface area (Å²) in [5.41, 5.74) is 3.33. The van der Waals surface area contributed by atoms with Crippen LogP contribution in [0.25, 0.3) is 0 Å². The number of halogens is 2. The summed E-state index contributed by atoms with van der Waals surface area (Å²) in [6, 6.07) is 13.9. The maximum Gasteiger partial charge on any atom is 0.306 e. The highest BCUT2D eigenvalue weighted by Gasteiger charge is 2.31. The molecule has 5 heteroatoms. The summed E-state index contributed by atoms with van der Waals surface area (Å²) in [4.78, 5) is 13.6. The van der Waals surface area contributed by atoms with Crippen molar-refractivity contribution in [3.8, 4) is 0 Å². The van der Waals surface area contributed by atoms with Crippen LogP contribution in [-0.4, -0.2) is 29.1 Å². The molecule has 0 aromatic heterocycles. The molecule has 0 spiro atoms. The second kappa shape index (κ2) is 7.77. The van der Waals surface area contributed by atoms with Crippen molar-refractivity contribution < 1.29 is 9.90 Å². The van der Waals surface area contributed by atoms with E-state index in [1.165, 1.54) is 11.1 Å². The fourth-order valence-corrected chi connectivity index (χ4v) is 4.00. The number of carbonyl (C=O) groups is 1. The number of carboxylic acid groups (broad SMARTS) is 1. The van der Waals surface area contributed by atoms with Gasteiger partial charge in [-0.1, -0.05) is 59.6 Å². The van der Waals surface area contributed by atoms with Crippen LogP contribution in [0.3, 0.4) is 0 Å². The summed E-state index contributed by atoms with van der Waals surface area (Å²) < 4.78 is 0. The molecule has 25 heavy (non-hydrogen) atoms. The van der Waals surface area contributed by atoms with Crippen LogP contribution >= 0.6 is 23.2 Å². The van der Waals surface area contributed by atoms with E-state index in [4.69, 9.17) is 23.2 Å². The van der Waals surface area contributed by atoms with Crippen molar-refractivity contribution in [2.24, 2.45) is 5.92 Å². The Balaban J connectivity index is 2.00. The molecule has 1 heterocycles. The normalized spacial score (nSPS) is 17.4. The van der Waals surface area contributed by atoms with Crippen molar-refractivity contribution in [2.75, 3.05) is 13.1 Å². The Kier molecular flexibility index (Phi) is 5.67. The molecule has 0 saturated carbocycles. The van der Waals surface area contributed by atoms with Crippen LogP contribution in [0.15, 0.2) is 42.5 Å². The van der Waals surface area contributed by atoms with Gasteiger partial charge in [-0.05, 0) is 55.6 Å². The maximum atomic E-state index is 11.3. The molecule has 1 aliphatic rings. The van der Waals surface area contributed by atoms with Crippen LogP contribution in [-0.2, 0) is 4.79 Å². The molecule has 3 rings (SSSR count). The molecule has 0 bridgehead atoms. The number of rotatable bonds is 4. The van der Waals surface area contributed by atoms with Crippen molar-refractivity contribution >= 4 is 29.2 Å². The number of piperidine rings is 1. The smallest absolute Gasteiger partial charge is 0.306 e. The van der Waals surface area contributed by atoms with Crippen LogP contribution < -0.4 is 0 Å². The summed E-state index contributed by atoms with van der Waals surface area (Å²) in [5, 5.41) is 10.4. The van der Waals surface area contributed by atoms with Gasteiger partial charge in [-0.15, -0.1) is 0 Å². The Hall–Kier alpha value is -1.55. The van der Waals surface area contributed by atoms with Gasteiger partial charge < -0.3 is 5.11 Å². The molecule has 2 aromatic rings. The van der Waals surface area contributed by atoms with Gasteiger partial charge in [-0.2, -0.15) is 0 Å². The lowest BCUT2D eigenvalue weighted by atomic mass is 9.89. The van der Waals surface area contributed by atoms with Crippen molar-refractivity contribution in [2.45, 2.75) is 25.8 Å². The molecule has 1 unspecified atom stereocenters. The van der Waals surface area contributed by atoms with Gasteiger partial charge >= 0.3 is 5.97 Å². The molecule has 1 atom stereocenters. The van der Waals surface area contributed by atoms with Crippen molar-refractivity contribution in [3.63, 3.8) is 0 Å². The Labute approximate surface area is 158 Å². The SMILES string of the molecule is Cc1ccccc1C(c1cccc(Cl)c1Cl)N1CCC(C(=O)O)CC1. The lowest BCUT2D eigenvalue weighted by molar-refractivity contribution is -0.143. The molecular formula is C20H21Cl2NO2. The van der Waals surface area contributed by atoms with E-state index < -0.39 is 5.97 Å². The topological polar surface area (TPSA) is 40.5 Å². The van der Waals surface area contributed by atoms with Gasteiger partial charge in [0.25, 0.3) is 0 Å². The molecule has 1 saturated heterocycles. The summed E-state index contributed by atoms with van der Waals surface area (Å²) in [7, 11) is 0. The minimum atomic E-state index is -0.701. The van der Waals surface area contributed by atoms with Gasteiger partial charge in [-0.25, -0.2) is 0 Å². The fourth-order valence-electron chi connectivity index (χ4n) is 3.59. The largest absolute Gasteiger partial charge is 0.481 e. The minimum Gasteiger partial charge on any atom is -0.481 e. The molecule has 1 aliphatic heterocycles.